The molecule has 0 radical (unpaired) electrons. The summed E-state index contributed by atoms with van der Waals surface area (Å²) in [5.41, 5.74) is 1.92. The third-order valence-electron chi connectivity index (χ3n) is 4.42. The van der Waals surface area contributed by atoms with Gasteiger partial charge >= 0.3 is 0 Å². The van der Waals surface area contributed by atoms with Gasteiger partial charge in [-0.05, 0) is 24.7 Å². The lowest BCUT2D eigenvalue weighted by molar-refractivity contribution is 0.386. The molecule has 1 aromatic carbocycles. The van der Waals surface area contributed by atoms with Crippen LogP contribution in [0.15, 0.2) is 12.1 Å². The van der Waals surface area contributed by atoms with Crippen LogP contribution >= 0.6 is 11.6 Å². The molecule has 1 saturated carbocycles. The van der Waals surface area contributed by atoms with Gasteiger partial charge in [-0.25, -0.2) is 9.37 Å². The highest BCUT2D eigenvalue weighted by molar-refractivity contribution is 6.16. The molecule has 1 aliphatic carbocycles. The molecule has 3 rings (SSSR count). The number of benzene rings is 1. The number of rotatable bonds is 5. The van der Waals surface area contributed by atoms with Gasteiger partial charge in [0.15, 0.2) is 11.6 Å². The molecule has 3 nitrogen and oxygen atoms in total. The molecule has 0 unspecified atom stereocenters. The summed E-state index contributed by atoms with van der Waals surface area (Å²) in [6.45, 7) is 3.11. The minimum atomic E-state index is -0.387. The molecule has 1 aliphatic rings. The van der Waals surface area contributed by atoms with Gasteiger partial charge in [-0.3, -0.25) is 0 Å². The summed E-state index contributed by atoms with van der Waals surface area (Å²) in [6.07, 6.45) is 3.62. The average molecular weight is 297 g/mol. The minimum Gasteiger partial charge on any atom is -0.494 e. The number of alkyl halides is 1. The number of fused-ring (bicyclic) bond motifs is 1. The van der Waals surface area contributed by atoms with Gasteiger partial charge in [-0.15, -0.1) is 11.6 Å². The molecule has 0 atom stereocenters. The van der Waals surface area contributed by atoms with Crippen LogP contribution in [0, 0.1) is 11.2 Å². The van der Waals surface area contributed by atoms with E-state index in [-0.39, 0.29) is 11.6 Å². The smallest absolute Gasteiger partial charge is 0.167 e. The number of ether oxygens (including phenoxy) is 1. The van der Waals surface area contributed by atoms with Gasteiger partial charge < -0.3 is 9.30 Å². The maximum absolute atomic E-state index is 13.8. The average Bonchev–Trinajstić information content (AvgIpc) is 3.16. The maximum Gasteiger partial charge on any atom is 0.167 e. The summed E-state index contributed by atoms with van der Waals surface area (Å²) in [7, 11) is 1.47. The van der Waals surface area contributed by atoms with Crippen LogP contribution in [0.2, 0.25) is 0 Å². The Bertz CT molecular complexity index is 649. The maximum atomic E-state index is 13.8. The van der Waals surface area contributed by atoms with E-state index in [4.69, 9.17) is 16.3 Å². The third-order valence-corrected chi connectivity index (χ3v) is 4.66. The van der Waals surface area contributed by atoms with E-state index in [0.717, 1.165) is 24.3 Å². The molecule has 0 amide bonds. The fourth-order valence-electron chi connectivity index (χ4n) is 2.75. The molecule has 108 valence electrons. The predicted octanol–water partition coefficient (Wildman–Crippen LogP) is 4.11. The van der Waals surface area contributed by atoms with Crippen LogP contribution in [0.1, 0.15) is 32.0 Å². The van der Waals surface area contributed by atoms with Crippen molar-refractivity contribution in [2.75, 3.05) is 7.11 Å². The van der Waals surface area contributed by atoms with Gasteiger partial charge in [-0.2, -0.15) is 0 Å². The Labute approximate surface area is 122 Å². The highest BCUT2D eigenvalue weighted by Gasteiger charge is 2.41. The number of hydrogen-bond donors (Lipinski definition) is 0. The second-order valence-corrected chi connectivity index (χ2v) is 5.84. The minimum absolute atomic E-state index is 0.251. The van der Waals surface area contributed by atoms with Crippen molar-refractivity contribution in [1.29, 1.82) is 0 Å². The number of methoxy groups -OCH3 is 1. The lowest BCUT2D eigenvalue weighted by atomic mass is 10.0. The first kappa shape index (κ1) is 13.7. The molecule has 20 heavy (non-hydrogen) atoms. The van der Waals surface area contributed by atoms with Gasteiger partial charge in [0.2, 0.25) is 0 Å². The lowest BCUT2D eigenvalue weighted by Crippen LogP contribution is -2.13. The Hall–Kier alpha value is -1.29. The number of aromatic nitrogens is 2. The van der Waals surface area contributed by atoms with E-state index in [1.807, 2.05) is 0 Å². The first-order valence-corrected chi connectivity index (χ1v) is 7.44. The fourth-order valence-corrected chi connectivity index (χ4v) is 2.95. The van der Waals surface area contributed by atoms with Crippen molar-refractivity contribution in [1.82, 2.24) is 9.55 Å². The molecule has 0 aliphatic heterocycles. The van der Waals surface area contributed by atoms with Gasteiger partial charge in [-0.1, -0.05) is 6.92 Å². The van der Waals surface area contributed by atoms with Crippen LogP contribution in [0.25, 0.3) is 11.0 Å². The number of imidazole rings is 1. The zero-order chi connectivity index (χ0) is 14.3. The Kier molecular flexibility index (Phi) is 3.36. The molecular formula is C15H18ClFN2O. The van der Waals surface area contributed by atoms with Crippen molar-refractivity contribution < 1.29 is 9.13 Å². The van der Waals surface area contributed by atoms with Crippen molar-refractivity contribution in [3.63, 3.8) is 0 Å². The Morgan fingerprint density at radius 1 is 1.45 bits per heavy atom. The zero-order valence-corrected chi connectivity index (χ0v) is 12.5. The monoisotopic (exact) mass is 296 g/mol. The van der Waals surface area contributed by atoms with Crippen LogP contribution in [0.5, 0.6) is 5.75 Å². The topological polar surface area (TPSA) is 27.1 Å². The Morgan fingerprint density at radius 3 is 2.75 bits per heavy atom. The molecule has 5 heteroatoms. The van der Waals surface area contributed by atoms with E-state index in [1.165, 1.54) is 26.0 Å². The van der Waals surface area contributed by atoms with E-state index < -0.39 is 0 Å². The molecule has 1 heterocycles. The van der Waals surface area contributed by atoms with E-state index in [1.54, 1.807) is 6.07 Å². The molecule has 2 aromatic rings. The number of halogens is 2. The normalized spacial score (nSPS) is 16.6. The van der Waals surface area contributed by atoms with Crippen LogP contribution in [0.4, 0.5) is 4.39 Å². The van der Waals surface area contributed by atoms with Gasteiger partial charge in [0, 0.05) is 18.7 Å². The van der Waals surface area contributed by atoms with E-state index in [9.17, 15) is 4.39 Å². The fraction of sp³-hybridized carbons (Fsp3) is 0.533. The molecule has 0 saturated heterocycles. The van der Waals surface area contributed by atoms with Gasteiger partial charge in [0.1, 0.15) is 5.82 Å². The summed E-state index contributed by atoms with van der Waals surface area (Å²) in [5, 5.41) is 0. The van der Waals surface area contributed by atoms with Crippen LogP contribution < -0.4 is 4.74 Å². The Balaban J connectivity index is 2.12. The first-order chi connectivity index (χ1) is 9.62. The quantitative estimate of drug-likeness (QED) is 0.776. The molecule has 0 N–H and O–H groups in total. The Morgan fingerprint density at radius 2 is 2.20 bits per heavy atom. The molecule has 1 aromatic heterocycles. The second kappa shape index (κ2) is 4.92. The molecule has 0 bridgehead atoms. The van der Waals surface area contributed by atoms with E-state index in [2.05, 4.69) is 16.5 Å². The van der Waals surface area contributed by atoms with Crippen LogP contribution in [-0.2, 0) is 12.4 Å². The van der Waals surface area contributed by atoms with Crippen molar-refractivity contribution >= 4 is 22.6 Å². The summed E-state index contributed by atoms with van der Waals surface area (Å²) in [6, 6.07) is 3.14. The highest BCUT2D eigenvalue weighted by atomic mass is 35.5. The largest absolute Gasteiger partial charge is 0.494 e. The standard InChI is InChI=1S/C15H18ClFN2O/c1-3-15(4-5-15)9-19-12-7-13(20-2)10(17)6-11(12)18-14(19)8-16/h6-7H,3-5,8-9H2,1-2H3. The summed E-state index contributed by atoms with van der Waals surface area (Å²) >= 11 is 6.00. The number of hydrogen-bond acceptors (Lipinski definition) is 2. The van der Waals surface area contributed by atoms with Crippen LogP contribution in [0.3, 0.4) is 0 Å². The molecule has 1 fully saturated rings. The summed E-state index contributed by atoms with van der Waals surface area (Å²) in [4.78, 5) is 4.45. The van der Waals surface area contributed by atoms with Crippen molar-refractivity contribution in [2.45, 2.75) is 38.6 Å². The number of nitrogens with zero attached hydrogens (tertiary/aromatic N) is 2. The van der Waals surface area contributed by atoms with Gasteiger partial charge in [0.05, 0.1) is 24.0 Å². The van der Waals surface area contributed by atoms with Crippen molar-refractivity contribution in [3.05, 3.63) is 23.8 Å². The van der Waals surface area contributed by atoms with Crippen LogP contribution in [-0.4, -0.2) is 16.7 Å². The van der Waals surface area contributed by atoms with E-state index in [0.29, 0.717) is 16.8 Å². The molecular weight excluding hydrogens is 279 g/mol. The lowest BCUT2D eigenvalue weighted by Gasteiger charge is -2.16. The summed E-state index contributed by atoms with van der Waals surface area (Å²) in [5.74, 6) is 0.996. The van der Waals surface area contributed by atoms with Gasteiger partial charge in [0.25, 0.3) is 0 Å². The first-order valence-electron chi connectivity index (χ1n) is 6.91. The summed E-state index contributed by atoms with van der Waals surface area (Å²) < 4.78 is 21.0. The predicted molar refractivity (Wildman–Crippen MR) is 77.8 cm³/mol. The third kappa shape index (κ3) is 2.16. The van der Waals surface area contributed by atoms with E-state index >= 15 is 0 Å². The molecule has 0 spiro atoms. The van der Waals surface area contributed by atoms with Crippen molar-refractivity contribution in [3.8, 4) is 5.75 Å². The SMILES string of the molecule is CCC1(Cn2c(CCl)nc3cc(F)c(OC)cc32)CC1. The second-order valence-electron chi connectivity index (χ2n) is 5.58. The van der Waals surface area contributed by atoms with Crippen molar-refractivity contribution in [2.24, 2.45) is 5.41 Å². The highest BCUT2D eigenvalue weighted by Crippen LogP contribution is 2.50. The zero-order valence-electron chi connectivity index (χ0n) is 11.7.